The molecule has 562 valence electrons. The van der Waals surface area contributed by atoms with Gasteiger partial charge in [-0.05, 0) is 39.8 Å². The van der Waals surface area contributed by atoms with Gasteiger partial charge in [0.25, 0.3) is 23.4 Å². The first-order valence-electron chi connectivity index (χ1n) is 34.0. The zero-order valence-corrected chi connectivity index (χ0v) is 61.2. The summed E-state index contributed by atoms with van der Waals surface area (Å²) in [5.74, 6) is -21.5. The van der Waals surface area contributed by atoms with Gasteiger partial charge < -0.3 is 99.6 Å². The van der Waals surface area contributed by atoms with Crippen LogP contribution < -0.4 is 20.1 Å². The first kappa shape index (κ1) is 79.9. The third kappa shape index (κ3) is 15.1. The molecule has 4 aromatic rings. The number of carbonyl (C=O) groups excluding carboxylic acids is 6. The highest BCUT2D eigenvalue weighted by atomic mass is 16.7. The maximum absolute atomic E-state index is 15.0. The van der Waals surface area contributed by atoms with Gasteiger partial charge >= 0.3 is 23.5 Å². The molecule has 104 heavy (non-hydrogen) atoms. The van der Waals surface area contributed by atoms with Crippen LogP contribution in [-0.2, 0) is 47.6 Å². The fraction of sp³-hybridized carbons (Fsp3) is 0.474. The molecule has 28 nitrogen and oxygen atoms in total. The van der Waals surface area contributed by atoms with Crippen molar-refractivity contribution in [2.45, 2.75) is 171 Å². The second kappa shape index (κ2) is 31.6. The van der Waals surface area contributed by atoms with Crippen LogP contribution in [0.1, 0.15) is 140 Å². The third-order valence-electron chi connectivity index (χ3n) is 20.5. The lowest BCUT2D eigenvalue weighted by Crippen LogP contribution is -2.46. The molecular weight excluding hydrogens is 1350 g/mol. The normalized spacial score (nSPS) is 32.4. The summed E-state index contributed by atoms with van der Waals surface area (Å²) in [6, 6.07) is 0. The van der Waals surface area contributed by atoms with Crippen molar-refractivity contribution >= 4 is 80.7 Å². The van der Waals surface area contributed by atoms with E-state index in [1.165, 1.54) is 106 Å². The van der Waals surface area contributed by atoms with Crippen molar-refractivity contribution in [1.29, 1.82) is 0 Å². The molecule has 0 radical (unpaired) electrons. The Kier molecular flexibility index (Phi) is 24.3. The van der Waals surface area contributed by atoms with Crippen molar-refractivity contribution in [1.82, 2.24) is 0 Å². The van der Waals surface area contributed by atoms with Crippen molar-refractivity contribution < 1.29 is 118 Å². The number of aliphatic hydroxyl groups excluding tert-OH is 4. The number of nitrogens with one attached hydrogen (secondary N) is 2. The minimum Gasteiger partial charge on any atom is -0.507 e. The molecule has 0 aromatic heterocycles. The van der Waals surface area contributed by atoms with Gasteiger partial charge in [-0.1, -0.05) is 91.8 Å². The van der Waals surface area contributed by atoms with E-state index in [1.807, 2.05) is 0 Å². The topological polar surface area (TPSA) is 427 Å². The van der Waals surface area contributed by atoms with Gasteiger partial charge in [-0.3, -0.25) is 28.8 Å². The van der Waals surface area contributed by atoms with Gasteiger partial charge in [-0.25, -0.2) is 0 Å². The quantitative estimate of drug-likeness (QED) is 0.0269. The number of phenols is 6. The van der Waals surface area contributed by atoms with Crippen LogP contribution in [0.25, 0.3) is 21.5 Å². The maximum Gasteiger partial charge on any atom is 0.312 e. The molecule has 0 aliphatic carbocycles. The van der Waals surface area contributed by atoms with Crippen molar-refractivity contribution in [3.8, 4) is 46.0 Å². The van der Waals surface area contributed by atoms with Gasteiger partial charge in [0.15, 0.2) is 11.5 Å². The molecule has 0 saturated carbocycles. The number of Topliss-reactive ketones (excluding diaryl/α,β-unsaturated/α-hetero) is 2. The Balaban J connectivity index is 1.32. The van der Waals surface area contributed by atoms with Crippen LogP contribution in [0.15, 0.2) is 82.5 Å². The van der Waals surface area contributed by atoms with Gasteiger partial charge in [0.1, 0.15) is 46.7 Å². The molecular formula is C76H94N4O24. The Morgan fingerprint density at radius 3 is 1.13 bits per heavy atom. The number of aromatic hydroxyl groups is 6. The number of aliphatic hydroxyl groups is 4. The molecule has 0 saturated heterocycles. The monoisotopic (exact) mass is 1450 g/mol. The predicted molar refractivity (Wildman–Crippen MR) is 383 cm³/mol. The number of carbonyl (C=O) groups is 6. The van der Waals surface area contributed by atoms with Crippen LogP contribution in [0.5, 0.6) is 46.0 Å². The van der Waals surface area contributed by atoms with Crippen molar-refractivity contribution in [2.75, 3.05) is 24.9 Å². The second-order valence-electron chi connectivity index (χ2n) is 27.7. The largest absolute Gasteiger partial charge is 0.507 e. The number of anilines is 2. The molecule has 6 aliphatic heterocycles. The summed E-state index contributed by atoms with van der Waals surface area (Å²) in [6.07, 6.45) is 6.54. The van der Waals surface area contributed by atoms with E-state index in [-0.39, 0.29) is 33.8 Å². The number of phenolic OH excluding ortho intramolecular Hbond substituents is 6. The highest BCUT2D eigenvalue weighted by Gasteiger charge is 2.52. The van der Waals surface area contributed by atoms with E-state index >= 15 is 0 Å². The number of benzene rings is 4. The van der Waals surface area contributed by atoms with Crippen molar-refractivity contribution in [3.05, 3.63) is 106 Å². The molecule has 10 bridgehead atoms. The Morgan fingerprint density at radius 1 is 0.481 bits per heavy atom. The van der Waals surface area contributed by atoms with Gasteiger partial charge in [0, 0.05) is 122 Å². The average Bonchev–Trinajstić information content (AvgIpc) is 1.49. The van der Waals surface area contributed by atoms with Crippen LogP contribution in [0, 0.1) is 61.2 Å². The van der Waals surface area contributed by atoms with Crippen LogP contribution in [0.4, 0.5) is 11.4 Å². The number of rotatable bonds is 7. The summed E-state index contributed by atoms with van der Waals surface area (Å²) < 4.78 is 47.7. The Hall–Kier alpha value is -9.84. The maximum atomic E-state index is 15.0. The van der Waals surface area contributed by atoms with Crippen molar-refractivity contribution in [2.24, 2.45) is 57.5 Å². The summed E-state index contributed by atoms with van der Waals surface area (Å²) in [6.45, 7) is 23.6. The average molecular weight is 1450 g/mol. The number of amides is 2. The molecule has 4 aromatic carbocycles. The fourth-order valence-electron chi connectivity index (χ4n) is 13.9. The van der Waals surface area contributed by atoms with E-state index < -0.39 is 233 Å². The first-order valence-corrected chi connectivity index (χ1v) is 34.0. The number of allylic oxidation sites excluding steroid dienone is 4. The molecule has 10 rings (SSSR count). The van der Waals surface area contributed by atoms with Gasteiger partial charge in [0.2, 0.25) is 0 Å². The number of nitrogens with zero attached hydrogens (tertiary/aromatic N) is 2. The Morgan fingerprint density at radius 2 is 0.817 bits per heavy atom. The van der Waals surface area contributed by atoms with E-state index in [0.717, 1.165) is 25.0 Å². The Bertz CT molecular complexity index is 4070. The minimum absolute atomic E-state index is 0.0414. The summed E-state index contributed by atoms with van der Waals surface area (Å²) in [7, 11) is 2.74. The molecule has 28 heteroatoms. The summed E-state index contributed by atoms with van der Waals surface area (Å²) in [5.41, 5.74) is -3.60. The molecule has 0 spiro atoms. The molecule has 12 N–H and O–H groups in total. The highest BCUT2D eigenvalue weighted by Crippen LogP contribution is 2.57. The number of ketones is 2. The smallest absolute Gasteiger partial charge is 0.312 e. The lowest BCUT2D eigenvalue weighted by molar-refractivity contribution is -0.161. The number of fused-ring (bicyclic) bond motifs is 28. The zero-order chi connectivity index (χ0) is 77.4. The molecule has 0 fully saturated rings. The molecule has 6 aliphatic rings. The number of hydrogen-bond acceptors (Lipinski definition) is 26. The fourth-order valence-corrected chi connectivity index (χ4v) is 13.9. The van der Waals surface area contributed by atoms with Gasteiger partial charge in [0.05, 0.1) is 106 Å². The van der Waals surface area contributed by atoms with Crippen LogP contribution >= 0.6 is 0 Å². The Labute approximate surface area is 601 Å². The van der Waals surface area contributed by atoms with E-state index in [4.69, 9.17) is 37.9 Å². The predicted octanol–water partition coefficient (Wildman–Crippen LogP) is 9.27. The van der Waals surface area contributed by atoms with Crippen LogP contribution in [-0.4, -0.2) is 173 Å². The van der Waals surface area contributed by atoms with Crippen LogP contribution in [0.2, 0.25) is 0 Å². The zero-order valence-electron chi connectivity index (χ0n) is 61.2. The standard InChI is InChI=1S/C76H94N4O24/c1-31-21-19-23-33(3)73(95)79-55-45(63(89)49-51(65(55)91)61(87)41(11)69-53(49)71(93)75(15,103-69)99-27-25-47(97-17)35(5)67(101-43(13)81)39(9)59(85)37(7)57(31)83)29-77-78-30-46-56-66(92)52-50(64(46)90)54-70(42(12)62(52)88)104-76(16,72(54)94)100-28-26-48(98-18)36(6)68(102-44(14)82)40(10)60(86)38(8)58(84)32(2)22-20-24-34(4)74(96)80-56/h19-32,35-40,47-48,57-60,67-68,83-92H,1-18H3,(H,79,95)(H,80,96)/b21-19-,22-20-,27-25-,28-26?,33-23-,34-24-,77-29+,78-30+/t31-,32-,35+,36+,37+,38+,39+,40+,47-,48-,57-,58-,59+,60+,67+,68+,75-,76-/m0/s1. The molecule has 18 atom stereocenters. The van der Waals surface area contributed by atoms with Gasteiger partial charge in [-0.15, -0.1) is 0 Å². The molecule has 6 heterocycles. The van der Waals surface area contributed by atoms with E-state index in [2.05, 4.69) is 20.8 Å². The number of hydrogen-bond donors (Lipinski definition) is 12. The van der Waals surface area contributed by atoms with Gasteiger partial charge in [-0.2, -0.15) is 10.2 Å². The highest BCUT2D eigenvalue weighted by molar-refractivity contribution is 6.25. The second-order valence-corrected chi connectivity index (χ2v) is 27.7. The minimum atomic E-state index is -2.29. The summed E-state index contributed by atoms with van der Waals surface area (Å²) >= 11 is 0. The number of ether oxygens (including phenoxy) is 8. The lowest BCUT2D eigenvalue weighted by atomic mass is 9.78. The first-order chi connectivity index (χ1) is 48.7. The van der Waals surface area contributed by atoms with Crippen molar-refractivity contribution in [3.63, 3.8) is 0 Å². The SMILES string of the molecule is CO[C@H]1C=CO[C@@]2(C)Oc3c(C)c(O)c4c(O)c(c(/C=N/N=C/c5c6c(O)c7c(O)c(C)c8c(c7c5O)C(=O)[C@@](C)(O/C=C\[C@H](OC)[C@@H](C)[C@@H](OC(C)=O)[C@H](C)[C@H](O)[C@H](C)[C@@H](O)[C@@H](C)/C=C\C=C(\C)C(=O)N6)O8)c(O)c4c3C2=O)NC(=O)/C(C)=C\C=C/[C@H](C)[C@H](O)[C@@H](C)[C@@H](O)[C@@H](C)[C@H](OC(C)=O)[C@@H]1C. The number of methoxy groups -OCH3 is 2. The van der Waals surface area contributed by atoms with Crippen LogP contribution in [0.3, 0.4) is 0 Å². The van der Waals surface area contributed by atoms with E-state index in [1.54, 1.807) is 67.5 Å². The molecule has 2 amide bonds. The van der Waals surface area contributed by atoms with E-state index in [0.29, 0.717) is 0 Å². The summed E-state index contributed by atoms with van der Waals surface area (Å²) in [5, 5.41) is 132. The lowest BCUT2D eigenvalue weighted by Gasteiger charge is -2.38. The molecule has 0 unspecified atom stereocenters. The number of esters is 2. The summed E-state index contributed by atoms with van der Waals surface area (Å²) in [4.78, 5) is 83.9. The third-order valence-corrected chi connectivity index (χ3v) is 20.5. The van der Waals surface area contributed by atoms with E-state index in [9.17, 15) is 79.8 Å².